The average Bonchev–Trinajstić information content (AvgIpc) is 2.83. The summed E-state index contributed by atoms with van der Waals surface area (Å²) >= 11 is 0. The predicted octanol–water partition coefficient (Wildman–Crippen LogP) is 5.44. The molecule has 34 heavy (non-hydrogen) atoms. The summed E-state index contributed by atoms with van der Waals surface area (Å²) in [5, 5.41) is 11.9. The largest absolute Gasteiger partial charge is 0.493 e. The number of nitrogens with zero attached hydrogens (tertiary/aromatic N) is 2. The van der Waals surface area contributed by atoms with Gasteiger partial charge in [0.1, 0.15) is 11.3 Å². The average molecular weight is 463 g/mol. The Morgan fingerprint density at radius 2 is 1.74 bits per heavy atom. The van der Waals surface area contributed by atoms with Crippen LogP contribution in [0.1, 0.15) is 37.7 Å². The Morgan fingerprint density at radius 3 is 2.41 bits per heavy atom. The molecule has 0 atom stereocenters. The van der Waals surface area contributed by atoms with Gasteiger partial charge in [-0.1, -0.05) is 39.0 Å². The topological polar surface area (TPSA) is 90.8 Å². The highest BCUT2D eigenvalue weighted by molar-refractivity contribution is 5.91. The Bertz CT molecular complexity index is 1320. The fraction of sp³-hybridized carbons (Fsp3) is 0.296. The molecule has 0 aliphatic carbocycles. The van der Waals surface area contributed by atoms with Crippen molar-refractivity contribution < 1.29 is 24.1 Å². The van der Waals surface area contributed by atoms with Gasteiger partial charge in [-0.2, -0.15) is 0 Å². The summed E-state index contributed by atoms with van der Waals surface area (Å²) in [6, 6.07) is 13.4. The van der Waals surface area contributed by atoms with Crippen LogP contribution in [0.25, 0.3) is 21.7 Å². The van der Waals surface area contributed by atoms with Gasteiger partial charge in [-0.25, -0.2) is 9.78 Å². The van der Waals surface area contributed by atoms with Gasteiger partial charge in [0.2, 0.25) is 0 Å². The maximum atomic E-state index is 10.9. The van der Waals surface area contributed by atoms with Crippen molar-refractivity contribution in [2.24, 2.45) is 0 Å². The molecule has 2 aromatic heterocycles. The monoisotopic (exact) mass is 462 g/mol. The highest BCUT2D eigenvalue weighted by Gasteiger charge is 2.15. The Hall–Kier alpha value is -3.87. The Balaban J connectivity index is 0.00000324. The van der Waals surface area contributed by atoms with Crippen molar-refractivity contribution in [2.75, 3.05) is 20.8 Å². The number of aryl methyl sites for hydroxylation is 1. The van der Waals surface area contributed by atoms with Crippen molar-refractivity contribution in [2.45, 2.75) is 33.6 Å². The van der Waals surface area contributed by atoms with Gasteiger partial charge in [-0.05, 0) is 41.6 Å². The van der Waals surface area contributed by atoms with E-state index in [9.17, 15) is 4.79 Å². The fourth-order valence-corrected chi connectivity index (χ4v) is 3.97. The number of hydrogen-bond acceptors (Lipinski definition) is 6. The van der Waals surface area contributed by atoms with Crippen molar-refractivity contribution in [3.63, 3.8) is 0 Å². The standard InChI is InChI=1S/C26H26N2O5.CH4/c1-4-6-21-20-13-24(32-3)23(31-2)12-19(20)17(14-27-21)11-18-10-9-16-7-5-8-22(26(16)28-18)33-15-25(29)30;/h5,7-10,12-14H,4,6,11,15H2,1-3H3,(H,29,30);1H4. The molecule has 0 fully saturated rings. The van der Waals surface area contributed by atoms with Crippen molar-refractivity contribution in [1.82, 2.24) is 9.97 Å². The number of para-hydroxylation sites is 1. The minimum Gasteiger partial charge on any atom is -0.493 e. The Labute approximate surface area is 199 Å². The first-order valence-electron chi connectivity index (χ1n) is 10.8. The molecule has 0 radical (unpaired) electrons. The summed E-state index contributed by atoms with van der Waals surface area (Å²) in [5.41, 5.74) is 3.50. The Morgan fingerprint density at radius 1 is 1.00 bits per heavy atom. The third-order valence-electron chi connectivity index (χ3n) is 5.51. The zero-order valence-electron chi connectivity index (χ0n) is 18.9. The molecule has 178 valence electrons. The number of methoxy groups -OCH3 is 2. The summed E-state index contributed by atoms with van der Waals surface area (Å²) in [7, 11) is 3.25. The van der Waals surface area contributed by atoms with Crippen LogP contribution in [-0.2, 0) is 17.6 Å². The zero-order chi connectivity index (χ0) is 23.4. The number of ether oxygens (including phenoxy) is 3. The maximum Gasteiger partial charge on any atom is 0.341 e. The van der Waals surface area contributed by atoms with Gasteiger partial charge in [-0.15, -0.1) is 0 Å². The molecule has 7 nitrogen and oxygen atoms in total. The molecule has 7 heteroatoms. The first-order valence-corrected chi connectivity index (χ1v) is 10.8. The lowest BCUT2D eigenvalue weighted by atomic mass is 9.99. The van der Waals surface area contributed by atoms with E-state index < -0.39 is 12.6 Å². The van der Waals surface area contributed by atoms with Gasteiger partial charge in [0, 0.05) is 34.8 Å². The molecule has 4 rings (SSSR count). The van der Waals surface area contributed by atoms with E-state index >= 15 is 0 Å². The van der Waals surface area contributed by atoms with Crippen molar-refractivity contribution in [1.29, 1.82) is 0 Å². The molecule has 2 aromatic carbocycles. The molecule has 0 amide bonds. The molecule has 0 bridgehead atoms. The van der Waals surface area contributed by atoms with Crippen LogP contribution in [0.3, 0.4) is 0 Å². The van der Waals surface area contributed by atoms with Gasteiger partial charge < -0.3 is 19.3 Å². The van der Waals surface area contributed by atoms with Crippen LogP contribution in [0.5, 0.6) is 17.2 Å². The third kappa shape index (κ3) is 5.03. The second kappa shape index (κ2) is 10.8. The highest BCUT2D eigenvalue weighted by Crippen LogP contribution is 2.36. The number of hydrogen-bond donors (Lipinski definition) is 1. The summed E-state index contributed by atoms with van der Waals surface area (Å²) in [5.74, 6) is 0.753. The predicted molar refractivity (Wildman–Crippen MR) is 133 cm³/mol. The molecule has 0 saturated heterocycles. The van der Waals surface area contributed by atoms with Gasteiger partial charge in [0.05, 0.1) is 14.2 Å². The number of benzene rings is 2. The smallest absolute Gasteiger partial charge is 0.341 e. The van der Waals surface area contributed by atoms with E-state index in [4.69, 9.17) is 29.3 Å². The lowest BCUT2D eigenvalue weighted by Crippen LogP contribution is -2.10. The molecule has 4 aromatic rings. The summed E-state index contributed by atoms with van der Waals surface area (Å²) in [6.45, 7) is 1.71. The zero-order valence-corrected chi connectivity index (χ0v) is 18.9. The van der Waals surface area contributed by atoms with E-state index in [0.29, 0.717) is 29.2 Å². The summed E-state index contributed by atoms with van der Waals surface area (Å²) < 4.78 is 16.5. The molecule has 2 heterocycles. The molecule has 0 saturated carbocycles. The number of carbonyl (C=O) groups is 1. The lowest BCUT2D eigenvalue weighted by molar-refractivity contribution is -0.139. The molecule has 0 unspecified atom stereocenters. The van der Waals surface area contributed by atoms with Crippen LogP contribution in [0.4, 0.5) is 0 Å². The number of carboxylic acid groups (broad SMARTS) is 1. The number of aliphatic carboxylic acids is 1. The van der Waals surface area contributed by atoms with Crippen LogP contribution in [0.15, 0.2) is 48.7 Å². The SMILES string of the molecule is C.CCCc1ncc(Cc2ccc3cccc(OCC(=O)O)c3n2)c2cc(OC)c(OC)cc12. The van der Waals surface area contributed by atoms with Crippen LogP contribution in [-0.4, -0.2) is 41.9 Å². The van der Waals surface area contributed by atoms with E-state index in [1.54, 1.807) is 20.3 Å². The molecule has 0 spiro atoms. The van der Waals surface area contributed by atoms with E-state index in [0.717, 1.165) is 46.0 Å². The second-order valence-corrected chi connectivity index (χ2v) is 7.72. The first kappa shape index (κ1) is 24.8. The maximum absolute atomic E-state index is 10.9. The molecule has 0 aliphatic rings. The van der Waals surface area contributed by atoms with Crippen molar-refractivity contribution in [3.05, 3.63) is 65.6 Å². The Kier molecular flexibility index (Phi) is 7.89. The van der Waals surface area contributed by atoms with Gasteiger partial charge >= 0.3 is 5.97 Å². The number of rotatable bonds is 9. The van der Waals surface area contributed by atoms with Gasteiger partial charge in [-0.3, -0.25) is 4.98 Å². The number of aromatic nitrogens is 2. The van der Waals surface area contributed by atoms with E-state index in [2.05, 4.69) is 6.92 Å². The van der Waals surface area contributed by atoms with Gasteiger partial charge in [0.25, 0.3) is 0 Å². The number of pyridine rings is 2. The molecular weight excluding hydrogens is 432 g/mol. The van der Waals surface area contributed by atoms with Crippen molar-refractivity contribution in [3.8, 4) is 17.2 Å². The van der Waals surface area contributed by atoms with Crippen LogP contribution < -0.4 is 14.2 Å². The highest BCUT2D eigenvalue weighted by atomic mass is 16.5. The molecule has 1 N–H and O–H groups in total. The lowest BCUT2D eigenvalue weighted by Gasteiger charge is -2.15. The van der Waals surface area contributed by atoms with Crippen LogP contribution in [0, 0.1) is 0 Å². The van der Waals surface area contributed by atoms with Crippen LogP contribution >= 0.6 is 0 Å². The summed E-state index contributed by atoms with van der Waals surface area (Å²) in [6.07, 6.45) is 4.30. The third-order valence-corrected chi connectivity index (χ3v) is 5.51. The van der Waals surface area contributed by atoms with E-state index in [1.807, 2.05) is 42.6 Å². The van der Waals surface area contributed by atoms with Gasteiger partial charge in [0.15, 0.2) is 18.1 Å². The summed E-state index contributed by atoms with van der Waals surface area (Å²) in [4.78, 5) is 20.5. The second-order valence-electron chi connectivity index (χ2n) is 7.72. The van der Waals surface area contributed by atoms with Crippen molar-refractivity contribution >= 4 is 27.6 Å². The van der Waals surface area contributed by atoms with E-state index in [1.165, 1.54) is 0 Å². The number of fused-ring (bicyclic) bond motifs is 2. The fourth-order valence-electron chi connectivity index (χ4n) is 3.97. The first-order chi connectivity index (χ1) is 16.0. The minimum atomic E-state index is -1.03. The molecule has 0 aliphatic heterocycles. The molecular formula is C27H30N2O5. The minimum absolute atomic E-state index is 0. The van der Waals surface area contributed by atoms with Crippen LogP contribution in [0.2, 0.25) is 0 Å². The normalized spacial score (nSPS) is 10.7. The number of carboxylic acids is 1. The quantitative estimate of drug-likeness (QED) is 0.354. The van der Waals surface area contributed by atoms with E-state index in [-0.39, 0.29) is 7.43 Å².